The van der Waals surface area contributed by atoms with Crippen LogP contribution < -0.4 is 5.73 Å². The Kier molecular flexibility index (Phi) is 3.41. The number of β-amino-alcohol motifs (C(OH)–C–C–N with tert-alkyl or cyclic N) is 1. The van der Waals surface area contributed by atoms with Gasteiger partial charge in [0.15, 0.2) is 0 Å². The molecule has 1 saturated heterocycles. The largest absolute Gasteiger partial charge is 0.391 e. The molecule has 0 aromatic carbocycles. The maximum absolute atomic E-state index is 12.1. The molecule has 0 spiro atoms. The van der Waals surface area contributed by atoms with Crippen LogP contribution in [0.4, 0.5) is 0 Å². The van der Waals surface area contributed by atoms with Crippen molar-refractivity contribution in [3.8, 4) is 0 Å². The van der Waals surface area contributed by atoms with Gasteiger partial charge in [0.05, 0.1) is 12.3 Å². The number of likely N-dealkylation sites (tertiary alicyclic amines) is 1. The number of aliphatic hydroxyl groups is 1. The zero-order valence-corrected chi connectivity index (χ0v) is 10.0. The molecule has 1 aliphatic rings. The predicted octanol–water partition coefficient (Wildman–Crippen LogP) is 0.547. The third kappa shape index (κ3) is 2.69. The SMILES string of the molecule is C[C@H](C(=O)N1C[C@H](O)C[C@H]1N)C(C)(C)C. The van der Waals surface area contributed by atoms with Crippen molar-refractivity contribution in [2.24, 2.45) is 17.1 Å². The molecule has 0 saturated carbocycles. The lowest BCUT2D eigenvalue weighted by Crippen LogP contribution is -2.46. The normalized spacial score (nSPS) is 29.3. The number of hydrogen-bond acceptors (Lipinski definition) is 3. The number of rotatable bonds is 1. The zero-order valence-electron chi connectivity index (χ0n) is 10.0. The number of amides is 1. The number of carbonyl (C=O) groups excluding carboxylic acids is 1. The van der Waals surface area contributed by atoms with Crippen LogP contribution in [0, 0.1) is 11.3 Å². The Bertz CT molecular complexity index is 247. The fourth-order valence-corrected chi connectivity index (χ4v) is 1.72. The van der Waals surface area contributed by atoms with Crippen molar-refractivity contribution >= 4 is 5.91 Å². The molecule has 3 atom stereocenters. The molecule has 4 heteroatoms. The Labute approximate surface area is 91.4 Å². The Hall–Kier alpha value is -0.610. The zero-order chi connectivity index (χ0) is 11.8. The molecule has 88 valence electrons. The van der Waals surface area contributed by atoms with Crippen molar-refractivity contribution in [3.63, 3.8) is 0 Å². The lowest BCUT2D eigenvalue weighted by atomic mass is 9.81. The van der Waals surface area contributed by atoms with Crippen molar-refractivity contribution in [1.29, 1.82) is 0 Å². The lowest BCUT2D eigenvalue weighted by Gasteiger charge is -2.31. The number of hydrogen-bond donors (Lipinski definition) is 2. The predicted molar refractivity (Wildman–Crippen MR) is 58.9 cm³/mol. The van der Waals surface area contributed by atoms with Gasteiger partial charge >= 0.3 is 0 Å². The highest BCUT2D eigenvalue weighted by atomic mass is 16.3. The second-order valence-corrected chi connectivity index (χ2v) is 5.54. The molecular weight excluding hydrogens is 192 g/mol. The number of carbonyl (C=O) groups is 1. The monoisotopic (exact) mass is 214 g/mol. The minimum atomic E-state index is -0.462. The summed E-state index contributed by atoms with van der Waals surface area (Å²) < 4.78 is 0. The third-order valence-electron chi connectivity index (χ3n) is 3.27. The van der Waals surface area contributed by atoms with Crippen LogP contribution in [0.3, 0.4) is 0 Å². The third-order valence-corrected chi connectivity index (χ3v) is 3.27. The first-order valence-corrected chi connectivity index (χ1v) is 5.47. The number of aliphatic hydroxyl groups excluding tert-OH is 1. The van der Waals surface area contributed by atoms with E-state index in [2.05, 4.69) is 0 Å². The first-order chi connectivity index (χ1) is 6.73. The maximum Gasteiger partial charge on any atom is 0.227 e. The molecule has 0 aromatic rings. The first kappa shape index (κ1) is 12.5. The molecule has 1 rings (SSSR count). The molecule has 3 N–H and O–H groups in total. The highest BCUT2D eigenvalue weighted by molar-refractivity contribution is 5.79. The summed E-state index contributed by atoms with van der Waals surface area (Å²) >= 11 is 0. The van der Waals surface area contributed by atoms with E-state index in [-0.39, 0.29) is 23.4 Å². The van der Waals surface area contributed by atoms with Crippen molar-refractivity contribution in [2.75, 3.05) is 6.54 Å². The molecule has 0 aromatic heterocycles. The standard InChI is InChI=1S/C11H22N2O2/c1-7(11(2,3)4)10(15)13-6-8(14)5-9(13)12/h7-9,14H,5-6,12H2,1-4H3/t7-,8-,9+/m1/s1. The van der Waals surface area contributed by atoms with Crippen LogP contribution >= 0.6 is 0 Å². The Balaban J connectivity index is 2.69. The van der Waals surface area contributed by atoms with Gasteiger partial charge in [-0.05, 0) is 5.41 Å². The van der Waals surface area contributed by atoms with E-state index >= 15 is 0 Å². The Morgan fingerprint density at radius 1 is 1.53 bits per heavy atom. The molecule has 15 heavy (non-hydrogen) atoms. The van der Waals surface area contributed by atoms with E-state index in [1.54, 1.807) is 4.90 Å². The summed E-state index contributed by atoms with van der Waals surface area (Å²) in [4.78, 5) is 13.7. The molecule has 1 heterocycles. The summed E-state index contributed by atoms with van der Waals surface area (Å²) in [6, 6.07) is 0. The van der Waals surface area contributed by atoms with Crippen LogP contribution in [-0.2, 0) is 4.79 Å². The summed E-state index contributed by atoms with van der Waals surface area (Å²) in [6.07, 6.45) is -0.295. The van der Waals surface area contributed by atoms with E-state index in [1.807, 2.05) is 27.7 Å². The molecule has 4 nitrogen and oxygen atoms in total. The summed E-state index contributed by atoms with van der Waals surface area (Å²) in [6.45, 7) is 8.40. The van der Waals surface area contributed by atoms with Gasteiger partial charge in [0, 0.05) is 18.9 Å². The van der Waals surface area contributed by atoms with Gasteiger partial charge in [-0.3, -0.25) is 4.79 Å². The van der Waals surface area contributed by atoms with E-state index in [9.17, 15) is 9.90 Å². The fraction of sp³-hybridized carbons (Fsp3) is 0.909. The lowest BCUT2D eigenvalue weighted by molar-refractivity contribution is -0.139. The van der Waals surface area contributed by atoms with Crippen molar-refractivity contribution in [1.82, 2.24) is 4.90 Å². The van der Waals surface area contributed by atoms with E-state index in [0.717, 1.165) is 0 Å². The van der Waals surface area contributed by atoms with E-state index in [0.29, 0.717) is 13.0 Å². The van der Waals surface area contributed by atoms with Gasteiger partial charge in [-0.15, -0.1) is 0 Å². The highest BCUT2D eigenvalue weighted by Gasteiger charge is 2.37. The van der Waals surface area contributed by atoms with Crippen molar-refractivity contribution < 1.29 is 9.90 Å². The van der Waals surface area contributed by atoms with E-state index in [4.69, 9.17) is 5.73 Å². The summed E-state index contributed by atoms with van der Waals surface area (Å²) in [5.41, 5.74) is 5.73. The quantitative estimate of drug-likeness (QED) is 0.669. The molecule has 1 amide bonds. The van der Waals surface area contributed by atoms with Crippen LogP contribution in [-0.4, -0.2) is 34.7 Å². The maximum atomic E-state index is 12.1. The summed E-state index contributed by atoms with van der Waals surface area (Å²) in [5, 5.41) is 9.43. The second kappa shape index (κ2) is 4.10. The topological polar surface area (TPSA) is 66.6 Å². The summed E-state index contributed by atoms with van der Waals surface area (Å²) in [5.74, 6) is -0.0274. The molecule has 1 fully saturated rings. The smallest absolute Gasteiger partial charge is 0.227 e. The van der Waals surface area contributed by atoms with Crippen LogP contribution in [0.25, 0.3) is 0 Å². The van der Waals surface area contributed by atoms with Crippen molar-refractivity contribution in [3.05, 3.63) is 0 Å². The van der Waals surface area contributed by atoms with Gasteiger partial charge in [0.2, 0.25) is 5.91 Å². The molecule has 0 bridgehead atoms. The minimum absolute atomic E-state index is 0.0477. The van der Waals surface area contributed by atoms with Gasteiger partial charge in [-0.1, -0.05) is 27.7 Å². The Morgan fingerprint density at radius 2 is 2.07 bits per heavy atom. The molecule has 0 aliphatic carbocycles. The Morgan fingerprint density at radius 3 is 2.40 bits per heavy atom. The van der Waals surface area contributed by atoms with Crippen LogP contribution in [0.1, 0.15) is 34.1 Å². The highest BCUT2D eigenvalue weighted by Crippen LogP contribution is 2.29. The van der Waals surface area contributed by atoms with Crippen LogP contribution in [0.2, 0.25) is 0 Å². The van der Waals surface area contributed by atoms with Gasteiger partial charge in [0.25, 0.3) is 0 Å². The second-order valence-electron chi connectivity index (χ2n) is 5.54. The average Bonchev–Trinajstić information content (AvgIpc) is 2.41. The average molecular weight is 214 g/mol. The van der Waals surface area contributed by atoms with Crippen molar-refractivity contribution in [2.45, 2.75) is 46.4 Å². The number of nitrogens with two attached hydrogens (primary N) is 1. The van der Waals surface area contributed by atoms with E-state index in [1.165, 1.54) is 0 Å². The number of nitrogens with zero attached hydrogens (tertiary/aromatic N) is 1. The van der Waals surface area contributed by atoms with Gasteiger partial charge < -0.3 is 15.7 Å². The first-order valence-electron chi connectivity index (χ1n) is 5.47. The molecular formula is C11H22N2O2. The molecule has 0 radical (unpaired) electrons. The summed E-state index contributed by atoms with van der Waals surface area (Å²) in [7, 11) is 0. The fourth-order valence-electron chi connectivity index (χ4n) is 1.72. The van der Waals surface area contributed by atoms with Gasteiger partial charge in [-0.2, -0.15) is 0 Å². The van der Waals surface area contributed by atoms with Gasteiger partial charge in [0.1, 0.15) is 0 Å². The molecule has 1 aliphatic heterocycles. The molecule has 0 unspecified atom stereocenters. The van der Waals surface area contributed by atoms with E-state index < -0.39 is 6.10 Å². The van der Waals surface area contributed by atoms with Crippen LogP contribution in [0.5, 0.6) is 0 Å². The van der Waals surface area contributed by atoms with Gasteiger partial charge in [-0.25, -0.2) is 0 Å². The van der Waals surface area contributed by atoms with Crippen LogP contribution in [0.15, 0.2) is 0 Å². The minimum Gasteiger partial charge on any atom is -0.391 e.